The first-order chi connectivity index (χ1) is 11.1. The molecule has 0 saturated heterocycles. The number of nitrogens with one attached hydrogen (secondary N) is 1. The molecule has 0 saturated carbocycles. The average Bonchev–Trinajstić information content (AvgIpc) is 2.89. The number of halogens is 1. The van der Waals surface area contributed by atoms with Crippen LogP contribution in [0.1, 0.15) is 21.7 Å². The summed E-state index contributed by atoms with van der Waals surface area (Å²) >= 11 is 3.43. The quantitative estimate of drug-likeness (QED) is 0.735. The maximum Gasteiger partial charge on any atom is 0.287 e. The third-order valence-corrected chi connectivity index (χ3v) is 4.18. The van der Waals surface area contributed by atoms with Gasteiger partial charge in [0.15, 0.2) is 5.76 Å². The molecule has 118 valence electrons. The first-order valence-corrected chi connectivity index (χ1v) is 7.97. The van der Waals surface area contributed by atoms with E-state index in [4.69, 9.17) is 9.15 Å². The van der Waals surface area contributed by atoms with Crippen LogP contribution in [0.4, 0.5) is 0 Å². The van der Waals surface area contributed by atoms with Gasteiger partial charge >= 0.3 is 0 Å². The molecule has 1 N–H and O–H groups in total. The van der Waals surface area contributed by atoms with E-state index in [0.29, 0.717) is 17.9 Å². The van der Waals surface area contributed by atoms with E-state index in [9.17, 15) is 4.79 Å². The second-order valence-corrected chi connectivity index (χ2v) is 6.15. The standard InChI is InChI=1S/C18H16BrNO3/c1-11-15-9-13(19)6-7-16(15)23-17(11)18(21)20-10-12-4-3-5-14(8-12)22-2/h3-9H,10H2,1-2H3,(H,20,21). The molecule has 0 fully saturated rings. The van der Waals surface area contributed by atoms with E-state index in [-0.39, 0.29) is 5.91 Å². The topological polar surface area (TPSA) is 51.5 Å². The van der Waals surface area contributed by atoms with E-state index in [1.54, 1.807) is 7.11 Å². The smallest absolute Gasteiger partial charge is 0.287 e. The molecule has 3 rings (SSSR count). The Morgan fingerprint density at radius 3 is 2.87 bits per heavy atom. The zero-order chi connectivity index (χ0) is 16.4. The summed E-state index contributed by atoms with van der Waals surface area (Å²) in [5.74, 6) is 0.889. The van der Waals surface area contributed by atoms with Crippen molar-refractivity contribution in [2.75, 3.05) is 7.11 Å². The fourth-order valence-electron chi connectivity index (χ4n) is 2.45. The number of rotatable bonds is 4. The number of hydrogen-bond donors (Lipinski definition) is 1. The fraction of sp³-hybridized carbons (Fsp3) is 0.167. The van der Waals surface area contributed by atoms with Crippen molar-refractivity contribution in [1.82, 2.24) is 5.32 Å². The summed E-state index contributed by atoms with van der Waals surface area (Å²) < 4.78 is 11.8. The van der Waals surface area contributed by atoms with Gasteiger partial charge < -0.3 is 14.5 Å². The zero-order valence-corrected chi connectivity index (χ0v) is 14.4. The predicted molar refractivity (Wildman–Crippen MR) is 92.8 cm³/mol. The van der Waals surface area contributed by atoms with Crippen LogP contribution < -0.4 is 10.1 Å². The van der Waals surface area contributed by atoms with Gasteiger partial charge in [0.1, 0.15) is 11.3 Å². The number of benzene rings is 2. The summed E-state index contributed by atoms with van der Waals surface area (Å²) in [4.78, 5) is 12.4. The van der Waals surface area contributed by atoms with Crippen LogP contribution in [0, 0.1) is 6.92 Å². The lowest BCUT2D eigenvalue weighted by Gasteiger charge is -2.06. The van der Waals surface area contributed by atoms with Gasteiger partial charge in [-0.15, -0.1) is 0 Å². The van der Waals surface area contributed by atoms with Crippen molar-refractivity contribution < 1.29 is 13.9 Å². The summed E-state index contributed by atoms with van der Waals surface area (Å²) in [7, 11) is 1.62. The van der Waals surface area contributed by atoms with Crippen LogP contribution >= 0.6 is 15.9 Å². The fourth-order valence-corrected chi connectivity index (χ4v) is 2.82. The van der Waals surface area contributed by atoms with Gasteiger partial charge in [0.2, 0.25) is 0 Å². The number of carbonyl (C=O) groups excluding carboxylic acids is 1. The SMILES string of the molecule is COc1cccc(CNC(=O)c2oc3ccc(Br)cc3c2C)c1. The number of fused-ring (bicyclic) bond motifs is 1. The van der Waals surface area contributed by atoms with Gasteiger partial charge in [-0.25, -0.2) is 0 Å². The van der Waals surface area contributed by atoms with Crippen LogP contribution in [0.15, 0.2) is 51.4 Å². The lowest BCUT2D eigenvalue weighted by atomic mass is 10.1. The highest BCUT2D eigenvalue weighted by molar-refractivity contribution is 9.10. The molecule has 1 amide bonds. The van der Waals surface area contributed by atoms with E-state index < -0.39 is 0 Å². The van der Waals surface area contributed by atoms with E-state index >= 15 is 0 Å². The number of hydrogen-bond acceptors (Lipinski definition) is 3. The van der Waals surface area contributed by atoms with Crippen LogP contribution in [-0.4, -0.2) is 13.0 Å². The molecule has 0 radical (unpaired) electrons. The molecule has 0 aliphatic carbocycles. The van der Waals surface area contributed by atoms with Crippen LogP contribution in [0.25, 0.3) is 11.0 Å². The van der Waals surface area contributed by atoms with Crippen LogP contribution in [-0.2, 0) is 6.54 Å². The Balaban J connectivity index is 1.79. The van der Waals surface area contributed by atoms with Crippen LogP contribution in [0.5, 0.6) is 5.75 Å². The third-order valence-electron chi connectivity index (χ3n) is 3.69. The van der Waals surface area contributed by atoms with Crippen molar-refractivity contribution in [3.8, 4) is 5.75 Å². The molecule has 0 atom stereocenters. The number of methoxy groups -OCH3 is 1. The molecule has 0 unspecified atom stereocenters. The second kappa shape index (κ2) is 6.46. The maximum absolute atomic E-state index is 12.4. The highest BCUT2D eigenvalue weighted by Gasteiger charge is 2.17. The molecule has 4 nitrogen and oxygen atoms in total. The lowest BCUT2D eigenvalue weighted by Crippen LogP contribution is -2.22. The molecule has 3 aromatic rings. The summed E-state index contributed by atoms with van der Waals surface area (Å²) in [5, 5.41) is 3.82. The van der Waals surface area contributed by atoms with Gasteiger partial charge in [-0.2, -0.15) is 0 Å². The third kappa shape index (κ3) is 3.24. The van der Waals surface area contributed by atoms with E-state index in [2.05, 4.69) is 21.2 Å². The Kier molecular flexibility index (Phi) is 4.39. The minimum absolute atomic E-state index is 0.224. The highest BCUT2D eigenvalue weighted by Crippen LogP contribution is 2.28. The van der Waals surface area contributed by atoms with Gasteiger partial charge in [-0.05, 0) is 42.8 Å². The maximum atomic E-state index is 12.4. The molecule has 0 bridgehead atoms. The molecule has 0 aliphatic rings. The van der Waals surface area contributed by atoms with Crippen molar-refractivity contribution in [1.29, 1.82) is 0 Å². The van der Waals surface area contributed by atoms with Crippen LogP contribution in [0.2, 0.25) is 0 Å². The molecule has 1 aromatic heterocycles. The predicted octanol–water partition coefficient (Wildman–Crippen LogP) is 4.44. The van der Waals surface area contributed by atoms with Gasteiger partial charge in [-0.3, -0.25) is 4.79 Å². The van der Waals surface area contributed by atoms with Crippen molar-refractivity contribution in [2.24, 2.45) is 0 Å². The second-order valence-electron chi connectivity index (χ2n) is 5.23. The molecule has 2 aromatic carbocycles. The van der Waals surface area contributed by atoms with Gasteiger partial charge in [0, 0.05) is 22.0 Å². The zero-order valence-electron chi connectivity index (χ0n) is 12.9. The Bertz CT molecular complexity index is 870. The number of furan rings is 1. The molecule has 23 heavy (non-hydrogen) atoms. The monoisotopic (exact) mass is 373 g/mol. The number of ether oxygens (including phenoxy) is 1. The lowest BCUT2D eigenvalue weighted by molar-refractivity contribution is 0.0924. The van der Waals surface area contributed by atoms with E-state index in [1.165, 1.54) is 0 Å². The first-order valence-electron chi connectivity index (χ1n) is 7.18. The van der Waals surface area contributed by atoms with Crippen molar-refractivity contribution in [2.45, 2.75) is 13.5 Å². The largest absolute Gasteiger partial charge is 0.497 e. The van der Waals surface area contributed by atoms with Crippen LogP contribution in [0.3, 0.4) is 0 Å². The Hall–Kier alpha value is -2.27. The summed E-state index contributed by atoms with van der Waals surface area (Å²) in [5.41, 5.74) is 2.51. The summed E-state index contributed by atoms with van der Waals surface area (Å²) in [6, 6.07) is 13.3. The Morgan fingerprint density at radius 2 is 2.09 bits per heavy atom. The molecular weight excluding hydrogens is 358 g/mol. The molecule has 0 aliphatic heterocycles. The van der Waals surface area contributed by atoms with Crippen molar-refractivity contribution >= 4 is 32.8 Å². The Morgan fingerprint density at radius 1 is 1.26 bits per heavy atom. The normalized spacial score (nSPS) is 10.7. The van der Waals surface area contributed by atoms with Gasteiger partial charge in [-0.1, -0.05) is 28.1 Å². The summed E-state index contributed by atoms with van der Waals surface area (Å²) in [6.07, 6.45) is 0. The van der Waals surface area contributed by atoms with E-state index in [0.717, 1.165) is 26.7 Å². The molecule has 1 heterocycles. The number of amides is 1. The molecule has 0 spiro atoms. The summed E-state index contributed by atoms with van der Waals surface area (Å²) in [6.45, 7) is 2.30. The van der Waals surface area contributed by atoms with Gasteiger partial charge in [0.05, 0.1) is 7.11 Å². The minimum Gasteiger partial charge on any atom is -0.497 e. The van der Waals surface area contributed by atoms with Crippen molar-refractivity contribution in [3.05, 3.63) is 63.8 Å². The highest BCUT2D eigenvalue weighted by atomic mass is 79.9. The van der Waals surface area contributed by atoms with Crippen molar-refractivity contribution in [3.63, 3.8) is 0 Å². The number of aryl methyl sites for hydroxylation is 1. The van der Waals surface area contributed by atoms with Gasteiger partial charge in [0.25, 0.3) is 5.91 Å². The average molecular weight is 374 g/mol. The first kappa shape index (κ1) is 15.6. The number of carbonyl (C=O) groups is 1. The molecule has 5 heteroatoms. The molecular formula is C18H16BrNO3. The van der Waals surface area contributed by atoms with E-state index in [1.807, 2.05) is 49.4 Å². The Labute approximate surface area is 142 Å². The minimum atomic E-state index is -0.224.